The predicted octanol–water partition coefficient (Wildman–Crippen LogP) is 5.41. The van der Waals surface area contributed by atoms with Crippen molar-refractivity contribution in [2.45, 2.75) is 19.9 Å². The zero-order chi connectivity index (χ0) is 19.5. The van der Waals surface area contributed by atoms with Gasteiger partial charge in [0, 0.05) is 34.6 Å². The zero-order valence-electron chi connectivity index (χ0n) is 15.4. The summed E-state index contributed by atoms with van der Waals surface area (Å²) in [4.78, 5) is 21.9. The van der Waals surface area contributed by atoms with Crippen molar-refractivity contribution in [3.05, 3.63) is 77.4 Å². The number of carbonyl (C=O) groups is 1. The van der Waals surface area contributed by atoms with E-state index < -0.39 is 0 Å². The lowest BCUT2D eigenvalue weighted by Crippen LogP contribution is -2.12. The second-order valence-electron chi connectivity index (χ2n) is 6.48. The van der Waals surface area contributed by atoms with E-state index in [4.69, 9.17) is 16.6 Å². The minimum Gasteiger partial charge on any atom is -0.322 e. The number of hydrogen-bond donors (Lipinski definition) is 1. The van der Waals surface area contributed by atoms with Crippen LogP contribution in [0.4, 0.5) is 5.69 Å². The molecule has 2 heterocycles. The summed E-state index contributed by atoms with van der Waals surface area (Å²) in [6, 6.07) is 18.4. The molecule has 6 heteroatoms. The molecule has 5 nitrogen and oxygen atoms in total. The smallest absolute Gasteiger partial charge is 0.255 e. The fourth-order valence-electron chi connectivity index (χ4n) is 3.18. The fourth-order valence-corrected chi connectivity index (χ4v) is 3.37. The van der Waals surface area contributed by atoms with E-state index in [1.54, 1.807) is 36.5 Å². The number of nitrogens with zero attached hydrogens (tertiary/aromatic N) is 3. The quantitative estimate of drug-likeness (QED) is 0.495. The highest BCUT2D eigenvalue weighted by atomic mass is 35.5. The molecule has 0 aliphatic carbocycles. The summed E-state index contributed by atoms with van der Waals surface area (Å²) in [6.07, 6.45) is 2.73. The van der Waals surface area contributed by atoms with Gasteiger partial charge in [0.25, 0.3) is 5.91 Å². The second-order valence-corrected chi connectivity index (χ2v) is 6.91. The van der Waals surface area contributed by atoms with Gasteiger partial charge in [0.2, 0.25) is 0 Å². The molecule has 4 rings (SSSR count). The van der Waals surface area contributed by atoms with E-state index in [1.807, 2.05) is 30.3 Å². The topological polar surface area (TPSA) is 59.8 Å². The van der Waals surface area contributed by atoms with Gasteiger partial charge in [-0.15, -0.1) is 0 Å². The first-order valence-electron chi connectivity index (χ1n) is 9.14. The van der Waals surface area contributed by atoms with Crippen molar-refractivity contribution < 1.29 is 4.79 Å². The van der Waals surface area contributed by atoms with Gasteiger partial charge in [-0.25, -0.2) is 9.97 Å². The van der Waals surface area contributed by atoms with Gasteiger partial charge in [0.1, 0.15) is 11.3 Å². The molecule has 0 aliphatic rings. The Morgan fingerprint density at radius 3 is 2.79 bits per heavy atom. The van der Waals surface area contributed by atoms with Gasteiger partial charge in [-0.05, 0) is 48.9 Å². The largest absolute Gasteiger partial charge is 0.322 e. The van der Waals surface area contributed by atoms with Crippen molar-refractivity contribution in [1.29, 1.82) is 0 Å². The van der Waals surface area contributed by atoms with Crippen LogP contribution in [-0.2, 0) is 6.54 Å². The normalized spacial score (nSPS) is 10.9. The molecule has 0 saturated heterocycles. The summed E-state index contributed by atoms with van der Waals surface area (Å²) < 4.78 is 2.10. The van der Waals surface area contributed by atoms with Gasteiger partial charge in [-0.1, -0.05) is 36.7 Å². The van der Waals surface area contributed by atoms with Crippen LogP contribution in [-0.4, -0.2) is 20.4 Å². The van der Waals surface area contributed by atoms with Crippen LogP contribution in [0.15, 0.2) is 66.9 Å². The highest BCUT2D eigenvalue weighted by Gasteiger charge is 2.15. The molecule has 1 amide bonds. The molecule has 4 aromatic rings. The molecule has 28 heavy (non-hydrogen) atoms. The molecule has 0 bridgehead atoms. The maximum atomic E-state index is 12.7. The molecule has 1 N–H and O–H groups in total. The number of amides is 1. The Kier molecular flexibility index (Phi) is 5.08. The summed E-state index contributed by atoms with van der Waals surface area (Å²) >= 11 is 6.00. The summed E-state index contributed by atoms with van der Waals surface area (Å²) in [6.45, 7) is 2.93. The third-order valence-electron chi connectivity index (χ3n) is 4.42. The van der Waals surface area contributed by atoms with Crippen LogP contribution in [0, 0.1) is 0 Å². The minimum atomic E-state index is -0.194. The van der Waals surface area contributed by atoms with Crippen molar-refractivity contribution in [2.75, 3.05) is 5.32 Å². The Morgan fingerprint density at radius 1 is 1.11 bits per heavy atom. The molecule has 0 aliphatic heterocycles. The molecule has 0 radical (unpaired) electrons. The van der Waals surface area contributed by atoms with Crippen LogP contribution in [0.25, 0.3) is 22.6 Å². The summed E-state index contributed by atoms with van der Waals surface area (Å²) in [5, 5.41) is 3.46. The fraction of sp³-hybridized carbons (Fsp3) is 0.136. The predicted molar refractivity (Wildman–Crippen MR) is 113 cm³/mol. The first-order chi connectivity index (χ1) is 13.7. The van der Waals surface area contributed by atoms with E-state index in [1.165, 1.54) is 0 Å². The SMILES string of the molecule is CCCn1c(-c2cccc(C(=O)Nc3cccc(Cl)c3)c2)nc2cccnc21. The first-order valence-corrected chi connectivity index (χ1v) is 9.52. The van der Waals surface area contributed by atoms with Gasteiger partial charge in [-0.3, -0.25) is 4.79 Å². The molecule has 140 valence electrons. The number of aryl methyl sites for hydroxylation is 1. The summed E-state index contributed by atoms with van der Waals surface area (Å²) in [7, 11) is 0. The Bertz CT molecular complexity index is 1150. The van der Waals surface area contributed by atoms with Crippen LogP contribution in [0.1, 0.15) is 23.7 Å². The molecular formula is C22H19ClN4O. The lowest BCUT2D eigenvalue weighted by Gasteiger charge is -2.09. The van der Waals surface area contributed by atoms with Crippen molar-refractivity contribution in [1.82, 2.24) is 14.5 Å². The molecule has 2 aromatic carbocycles. The molecule has 0 unspecified atom stereocenters. The van der Waals surface area contributed by atoms with E-state index in [2.05, 4.69) is 21.8 Å². The maximum Gasteiger partial charge on any atom is 0.255 e. The Labute approximate surface area is 168 Å². The van der Waals surface area contributed by atoms with Gasteiger partial charge >= 0.3 is 0 Å². The average molecular weight is 391 g/mol. The lowest BCUT2D eigenvalue weighted by molar-refractivity contribution is 0.102. The van der Waals surface area contributed by atoms with Crippen molar-refractivity contribution in [3.8, 4) is 11.4 Å². The summed E-state index contributed by atoms with van der Waals surface area (Å²) in [5.41, 5.74) is 3.80. The highest BCUT2D eigenvalue weighted by Crippen LogP contribution is 2.25. The van der Waals surface area contributed by atoms with Crippen LogP contribution in [0.2, 0.25) is 5.02 Å². The number of rotatable bonds is 5. The zero-order valence-corrected chi connectivity index (χ0v) is 16.1. The molecule has 0 fully saturated rings. The minimum absolute atomic E-state index is 0.194. The average Bonchev–Trinajstić information content (AvgIpc) is 3.07. The number of hydrogen-bond acceptors (Lipinski definition) is 3. The lowest BCUT2D eigenvalue weighted by atomic mass is 10.1. The Hall–Kier alpha value is -3.18. The number of halogens is 1. The molecule has 0 saturated carbocycles. The molecule has 0 atom stereocenters. The van der Waals surface area contributed by atoms with Gasteiger partial charge in [0.15, 0.2) is 5.65 Å². The molecular weight excluding hydrogens is 372 g/mol. The monoisotopic (exact) mass is 390 g/mol. The number of fused-ring (bicyclic) bond motifs is 1. The van der Waals surface area contributed by atoms with E-state index in [0.29, 0.717) is 16.3 Å². The van der Waals surface area contributed by atoms with Crippen LogP contribution < -0.4 is 5.32 Å². The standard InChI is InChI=1S/C22H19ClN4O/c1-2-12-27-20(26-19-10-5-11-24-21(19)27)15-6-3-7-16(13-15)22(28)25-18-9-4-8-17(23)14-18/h3-11,13-14H,2,12H2,1H3,(H,25,28). The number of nitrogens with one attached hydrogen (secondary N) is 1. The maximum absolute atomic E-state index is 12.7. The Morgan fingerprint density at radius 2 is 1.96 bits per heavy atom. The third-order valence-corrected chi connectivity index (χ3v) is 4.65. The number of anilines is 1. The number of pyridine rings is 1. The van der Waals surface area contributed by atoms with Crippen LogP contribution in [0.3, 0.4) is 0 Å². The number of carbonyl (C=O) groups excluding carboxylic acids is 1. The summed E-state index contributed by atoms with van der Waals surface area (Å²) in [5.74, 6) is 0.619. The third kappa shape index (κ3) is 3.62. The van der Waals surface area contributed by atoms with Gasteiger partial charge in [0.05, 0.1) is 0 Å². The highest BCUT2D eigenvalue weighted by molar-refractivity contribution is 6.31. The number of aromatic nitrogens is 3. The van der Waals surface area contributed by atoms with Crippen molar-refractivity contribution in [3.63, 3.8) is 0 Å². The van der Waals surface area contributed by atoms with Crippen molar-refractivity contribution in [2.24, 2.45) is 0 Å². The number of benzene rings is 2. The van der Waals surface area contributed by atoms with Crippen LogP contribution >= 0.6 is 11.6 Å². The van der Waals surface area contributed by atoms with Crippen molar-refractivity contribution >= 4 is 34.4 Å². The van der Waals surface area contributed by atoms with E-state index in [0.717, 1.165) is 35.5 Å². The van der Waals surface area contributed by atoms with Crippen LogP contribution in [0.5, 0.6) is 0 Å². The van der Waals surface area contributed by atoms with E-state index in [9.17, 15) is 4.79 Å². The molecule has 0 spiro atoms. The second kappa shape index (κ2) is 7.82. The molecule has 2 aromatic heterocycles. The van der Waals surface area contributed by atoms with Gasteiger partial charge < -0.3 is 9.88 Å². The van der Waals surface area contributed by atoms with E-state index in [-0.39, 0.29) is 5.91 Å². The Balaban J connectivity index is 1.70. The number of imidazole rings is 1. The van der Waals surface area contributed by atoms with E-state index >= 15 is 0 Å². The first kappa shape index (κ1) is 18.2. The van der Waals surface area contributed by atoms with Gasteiger partial charge in [-0.2, -0.15) is 0 Å².